The first-order valence-corrected chi connectivity index (χ1v) is 3.37. The molecule has 1 aliphatic heterocycles. The van der Waals surface area contributed by atoms with Crippen molar-refractivity contribution in [3.8, 4) is 0 Å². The van der Waals surface area contributed by atoms with Gasteiger partial charge >= 0.3 is 0 Å². The fourth-order valence-corrected chi connectivity index (χ4v) is 0.541. The van der Waals surface area contributed by atoms with E-state index < -0.39 is 5.91 Å². The van der Waals surface area contributed by atoms with E-state index in [1.54, 1.807) is 12.3 Å². The summed E-state index contributed by atoms with van der Waals surface area (Å²) in [5.74, 6) is 0.176. The Morgan fingerprint density at radius 1 is 1.54 bits per heavy atom. The summed E-state index contributed by atoms with van der Waals surface area (Å²) in [5, 5.41) is 16.1. The first kappa shape index (κ1) is 8.91. The SMILES string of the molecule is N=C1C=NNC1=O.Nc1ccn[nH]1. The Kier molecular flexibility index (Phi) is 2.74. The van der Waals surface area contributed by atoms with Gasteiger partial charge in [-0.1, -0.05) is 0 Å². The van der Waals surface area contributed by atoms with E-state index in [1.165, 1.54) is 6.21 Å². The minimum atomic E-state index is -0.431. The second-order valence-corrected chi connectivity index (χ2v) is 2.12. The normalized spacial score (nSPS) is 13.5. The molecular weight excluding hydrogens is 172 g/mol. The number of aromatic nitrogens is 2. The molecule has 2 heterocycles. The molecule has 13 heavy (non-hydrogen) atoms. The van der Waals surface area contributed by atoms with Crippen molar-refractivity contribution in [1.29, 1.82) is 5.41 Å². The van der Waals surface area contributed by atoms with E-state index >= 15 is 0 Å². The van der Waals surface area contributed by atoms with E-state index in [9.17, 15) is 4.79 Å². The van der Waals surface area contributed by atoms with Gasteiger partial charge in [0.1, 0.15) is 11.5 Å². The van der Waals surface area contributed by atoms with Crippen molar-refractivity contribution in [3.05, 3.63) is 12.3 Å². The smallest absolute Gasteiger partial charge is 0.290 e. The third-order valence-corrected chi connectivity index (χ3v) is 1.13. The summed E-state index contributed by atoms with van der Waals surface area (Å²) in [6.45, 7) is 0. The van der Waals surface area contributed by atoms with Gasteiger partial charge in [0.25, 0.3) is 5.91 Å². The quantitative estimate of drug-likeness (QED) is 0.414. The minimum Gasteiger partial charge on any atom is -0.384 e. The van der Waals surface area contributed by atoms with E-state index in [0.29, 0.717) is 5.82 Å². The minimum absolute atomic E-state index is 0.0833. The predicted molar refractivity (Wildman–Crippen MR) is 47.4 cm³/mol. The van der Waals surface area contributed by atoms with Crippen molar-refractivity contribution in [2.75, 3.05) is 5.73 Å². The van der Waals surface area contributed by atoms with Crippen molar-refractivity contribution < 1.29 is 4.79 Å². The van der Waals surface area contributed by atoms with Crippen molar-refractivity contribution in [3.63, 3.8) is 0 Å². The molecule has 0 fully saturated rings. The van der Waals surface area contributed by atoms with Crippen LogP contribution in [0.3, 0.4) is 0 Å². The maximum absolute atomic E-state index is 10.1. The first-order valence-electron chi connectivity index (χ1n) is 3.37. The molecule has 0 unspecified atom stereocenters. The molecule has 0 atom stereocenters. The molecule has 7 nitrogen and oxygen atoms in total. The van der Waals surface area contributed by atoms with Crippen LogP contribution in [0.25, 0.3) is 0 Å². The van der Waals surface area contributed by atoms with Gasteiger partial charge in [-0.25, -0.2) is 5.43 Å². The Bertz CT molecular complexity index is 327. The maximum Gasteiger partial charge on any atom is 0.290 e. The van der Waals surface area contributed by atoms with Gasteiger partial charge in [-0.05, 0) is 6.07 Å². The highest BCUT2D eigenvalue weighted by Crippen LogP contribution is 1.86. The summed E-state index contributed by atoms with van der Waals surface area (Å²) in [7, 11) is 0. The number of carbonyl (C=O) groups excluding carboxylic acids is 1. The van der Waals surface area contributed by atoms with Crippen LogP contribution in [0.1, 0.15) is 0 Å². The highest BCUT2D eigenvalue weighted by atomic mass is 16.2. The van der Waals surface area contributed by atoms with Crippen LogP contribution in [-0.4, -0.2) is 28.0 Å². The van der Waals surface area contributed by atoms with E-state index in [4.69, 9.17) is 11.1 Å². The summed E-state index contributed by atoms with van der Waals surface area (Å²) >= 11 is 0. The summed E-state index contributed by atoms with van der Waals surface area (Å²) in [4.78, 5) is 10.1. The van der Waals surface area contributed by atoms with Gasteiger partial charge in [0.2, 0.25) is 0 Å². The fourth-order valence-electron chi connectivity index (χ4n) is 0.541. The summed E-state index contributed by atoms with van der Waals surface area (Å²) < 4.78 is 0. The molecule has 0 saturated carbocycles. The monoisotopic (exact) mass is 180 g/mol. The predicted octanol–water partition coefficient (Wildman–Crippen LogP) is -0.886. The topological polar surface area (TPSA) is 120 Å². The van der Waals surface area contributed by atoms with Crippen molar-refractivity contribution in [2.24, 2.45) is 5.10 Å². The molecule has 0 radical (unpaired) electrons. The number of hydrogen-bond acceptors (Lipinski definition) is 5. The molecule has 0 spiro atoms. The lowest BCUT2D eigenvalue weighted by Crippen LogP contribution is -2.18. The van der Waals surface area contributed by atoms with Crippen molar-refractivity contribution in [1.82, 2.24) is 15.6 Å². The van der Waals surface area contributed by atoms with Crippen LogP contribution >= 0.6 is 0 Å². The summed E-state index contributed by atoms with van der Waals surface area (Å²) in [5.41, 5.74) is 7.15. The van der Waals surface area contributed by atoms with Gasteiger partial charge < -0.3 is 5.73 Å². The average molecular weight is 180 g/mol. The number of nitrogens with one attached hydrogen (secondary N) is 3. The Morgan fingerprint density at radius 3 is 2.46 bits per heavy atom. The molecule has 1 aliphatic rings. The number of hydrazone groups is 1. The molecular formula is C6H8N6O. The molecule has 0 saturated heterocycles. The second-order valence-electron chi connectivity index (χ2n) is 2.12. The van der Waals surface area contributed by atoms with Crippen LogP contribution in [0.15, 0.2) is 17.4 Å². The van der Waals surface area contributed by atoms with Gasteiger partial charge in [-0.15, -0.1) is 0 Å². The number of rotatable bonds is 0. The molecule has 1 aromatic heterocycles. The lowest BCUT2D eigenvalue weighted by Gasteiger charge is -1.78. The number of anilines is 1. The van der Waals surface area contributed by atoms with E-state index in [0.717, 1.165) is 0 Å². The van der Waals surface area contributed by atoms with Gasteiger partial charge in [0.15, 0.2) is 0 Å². The lowest BCUT2D eigenvalue weighted by atomic mass is 10.4. The largest absolute Gasteiger partial charge is 0.384 e. The van der Waals surface area contributed by atoms with Crippen LogP contribution in [0.5, 0.6) is 0 Å². The van der Waals surface area contributed by atoms with Gasteiger partial charge in [-0.2, -0.15) is 10.2 Å². The van der Waals surface area contributed by atoms with Crippen LogP contribution in [0.4, 0.5) is 5.82 Å². The van der Waals surface area contributed by atoms with E-state index in [2.05, 4.69) is 20.7 Å². The van der Waals surface area contributed by atoms with Crippen LogP contribution in [-0.2, 0) is 4.79 Å². The number of nitrogens with zero attached hydrogens (tertiary/aromatic N) is 2. The molecule has 5 N–H and O–H groups in total. The zero-order valence-corrected chi connectivity index (χ0v) is 6.61. The molecule has 1 aromatic rings. The molecule has 68 valence electrons. The van der Waals surface area contributed by atoms with Crippen LogP contribution < -0.4 is 11.2 Å². The number of nitrogen functional groups attached to an aromatic ring is 1. The van der Waals surface area contributed by atoms with Crippen LogP contribution in [0, 0.1) is 5.41 Å². The fraction of sp³-hybridized carbons (Fsp3) is 0. The Balaban J connectivity index is 0.000000132. The standard InChI is InChI=1S/C3H3N3O.C3H5N3/c4-2-1-5-6-3(2)7;4-3-1-2-5-6-3/h1H,(H2,4,6,7);1-2H,(H3,4,5,6). The van der Waals surface area contributed by atoms with Crippen molar-refractivity contribution >= 4 is 23.7 Å². The summed E-state index contributed by atoms with van der Waals surface area (Å²) in [6.07, 6.45) is 2.78. The Morgan fingerprint density at radius 2 is 2.31 bits per heavy atom. The Labute approximate surface area is 73.5 Å². The highest BCUT2D eigenvalue weighted by Gasteiger charge is 2.09. The van der Waals surface area contributed by atoms with Gasteiger partial charge in [0, 0.05) is 0 Å². The third-order valence-electron chi connectivity index (χ3n) is 1.13. The van der Waals surface area contributed by atoms with E-state index in [-0.39, 0.29) is 5.71 Å². The third kappa shape index (κ3) is 2.73. The molecule has 2 rings (SSSR count). The number of hydrogen-bond donors (Lipinski definition) is 4. The van der Waals surface area contributed by atoms with Crippen molar-refractivity contribution in [2.45, 2.75) is 0 Å². The molecule has 0 bridgehead atoms. The van der Waals surface area contributed by atoms with E-state index in [1.807, 2.05) is 0 Å². The first-order chi connectivity index (χ1) is 6.20. The lowest BCUT2D eigenvalue weighted by molar-refractivity contribution is -0.114. The van der Waals surface area contributed by atoms with Gasteiger partial charge in [-0.3, -0.25) is 15.3 Å². The molecule has 0 aromatic carbocycles. The molecule has 0 aliphatic carbocycles. The maximum atomic E-state index is 10.1. The zero-order chi connectivity index (χ0) is 9.68. The second kappa shape index (κ2) is 4.00. The molecule has 7 heteroatoms. The highest BCUT2D eigenvalue weighted by molar-refractivity contribution is 6.61. The Hall–Kier alpha value is -2.18. The summed E-state index contributed by atoms with van der Waals surface area (Å²) in [6, 6.07) is 1.69. The number of amides is 1. The van der Waals surface area contributed by atoms with Crippen LogP contribution in [0.2, 0.25) is 0 Å². The number of carbonyl (C=O) groups is 1. The number of aromatic amines is 1. The average Bonchev–Trinajstić information content (AvgIpc) is 2.67. The van der Waals surface area contributed by atoms with Gasteiger partial charge in [0.05, 0.1) is 12.4 Å². The zero-order valence-electron chi connectivity index (χ0n) is 6.61. The number of nitrogens with two attached hydrogens (primary N) is 1. The number of H-pyrrole nitrogens is 1. The molecule has 1 amide bonds.